The molecule has 37 heavy (non-hydrogen) atoms. The minimum atomic E-state index is -0.337. The fourth-order valence-electron chi connectivity index (χ4n) is 3.54. The van der Waals surface area contributed by atoms with E-state index in [2.05, 4.69) is 5.32 Å². The van der Waals surface area contributed by atoms with Gasteiger partial charge in [0.1, 0.15) is 0 Å². The minimum Gasteiger partial charge on any atom is -0.493 e. The summed E-state index contributed by atoms with van der Waals surface area (Å²) in [5.41, 5.74) is 3.06. The smallest absolute Gasteiger partial charge is 0.270 e. The fraction of sp³-hybridized carbons (Fsp3) is 0.148. The van der Waals surface area contributed by atoms with Crippen LogP contribution < -0.4 is 24.6 Å². The first-order valence-electron chi connectivity index (χ1n) is 11.2. The van der Waals surface area contributed by atoms with Gasteiger partial charge in [0, 0.05) is 30.5 Å². The number of rotatable bonds is 8. The number of carbonyl (C=O) groups is 2. The van der Waals surface area contributed by atoms with E-state index in [0.29, 0.717) is 37.1 Å². The maximum absolute atomic E-state index is 13.1. The van der Waals surface area contributed by atoms with Gasteiger partial charge in [-0.15, -0.1) is 0 Å². The summed E-state index contributed by atoms with van der Waals surface area (Å²) in [5.74, 6) is 0.300. The maximum atomic E-state index is 13.1. The van der Waals surface area contributed by atoms with Crippen LogP contribution in [0.5, 0.6) is 11.5 Å². The van der Waals surface area contributed by atoms with Gasteiger partial charge in [0.25, 0.3) is 11.8 Å². The predicted molar refractivity (Wildman–Crippen MR) is 155 cm³/mol. The average Bonchev–Trinajstić information content (AvgIpc) is 3.15. The summed E-state index contributed by atoms with van der Waals surface area (Å²) in [7, 11) is 5.42. The van der Waals surface area contributed by atoms with E-state index in [1.165, 1.54) is 23.8 Å². The second kappa shape index (κ2) is 11.7. The van der Waals surface area contributed by atoms with Crippen molar-refractivity contribution in [3.8, 4) is 11.5 Å². The van der Waals surface area contributed by atoms with E-state index >= 15 is 0 Å². The van der Waals surface area contributed by atoms with Gasteiger partial charge in [-0.1, -0.05) is 47.7 Å². The highest BCUT2D eigenvalue weighted by Gasteiger charge is 2.33. The van der Waals surface area contributed by atoms with Crippen LogP contribution in [-0.4, -0.2) is 43.9 Å². The third kappa shape index (κ3) is 6.43. The van der Waals surface area contributed by atoms with E-state index in [9.17, 15) is 9.59 Å². The molecule has 0 aliphatic carbocycles. The largest absolute Gasteiger partial charge is 0.493 e. The third-order valence-corrected chi connectivity index (χ3v) is 6.91. The topological polar surface area (TPSA) is 71.1 Å². The molecule has 3 aromatic rings. The first-order chi connectivity index (χ1) is 17.7. The number of nitrogens with one attached hydrogen (secondary N) is 1. The Kier molecular flexibility index (Phi) is 8.38. The zero-order valence-electron chi connectivity index (χ0n) is 20.4. The number of thioether (sulfide) groups is 1. The Labute approximate surface area is 230 Å². The van der Waals surface area contributed by atoms with Crippen LogP contribution >= 0.6 is 35.6 Å². The van der Waals surface area contributed by atoms with E-state index in [0.717, 1.165) is 11.3 Å². The van der Waals surface area contributed by atoms with Gasteiger partial charge in [0.2, 0.25) is 0 Å². The van der Waals surface area contributed by atoms with Crippen molar-refractivity contribution in [1.82, 2.24) is 0 Å². The second-order valence-electron chi connectivity index (χ2n) is 8.19. The second-order valence-corrected chi connectivity index (χ2v) is 10.3. The van der Waals surface area contributed by atoms with Crippen molar-refractivity contribution in [1.29, 1.82) is 0 Å². The summed E-state index contributed by atoms with van der Waals surface area (Å²) >= 11 is 12.7. The molecule has 190 valence electrons. The van der Waals surface area contributed by atoms with Crippen LogP contribution in [0.15, 0.2) is 71.6 Å². The quantitative estimate of drug-likeness (QED) is 0.278. The Hall–Kier alpha value is -3.53. The first-order valence-corrected chi connectivity index (χ1v) is 12.8. The Balaban J connectivity index is 1.45. The van der Waals surface area contributed by atoms with Crippen LogP contribution in [0.2, 0.25) is 5.02 Å². The number of hydrogen-bond acceptors (Lipinski definition) is 7. The Morgan fingerprint density at radius 1 is 1.11 bits per heavy atom. The third-order valence-electron chi connectivity index (χ3n) is 5.37. The van der Waals surface area contributed by atoms with E-state index in [1.54, 1.807) is 48.5 Å². The monoisotopic (exact) mass is 553 g/mol. The minimum absolute atomic E-state index is 0.190. The standard InChI is InChI=1S/C27H24ClN3O4S2/c1-30(2)20-8-10-21(11-9-20)31-26(33)24(37-27(31)36)14-17-7-12-22(23(13-17)34-3)35-16-25(32)29-19-6-4-5-18(28)15-19/h4-15H,16H2,1-3H3,(H,29,32)/b24-14-. The summed E-state index contributed by atoms with van der Waals surface area (Å²) in [6.07, 6.45) is 1.76. The number of nitrogens with zero attached hydrogens (tertiary/aromatic N) is 2. The molecule has 2 amide bonds. The molecule has 0 atom stereocenters. The molecular formula is C27H24ClN3O4S2. The summed E-state index contributed by atoms with van der Waals surface area (Å²) in [4.78, 5) is 29.4. The normalized spacial score (nSPS) is 14.2. The van der Waals surface area contributed by atoms with Gasteiger partial charge in [0.05, 0.1) is 17.7 Å². The summed E-state index contributed by atoms with van der Waals surface area (Å²) in [5, 5.41) is 3.25. The highest BCUT2D eigenvalue weighted by atomic mass is 35.5. The van der Waals surface area contributed by atoms with Crippen LogP contribution in [0, 0.1) is 0 Å². The number of halogens is 1. The number of carbonyl (C=O) groups excluding carboxylic acids is 2. The van der Waals surface area contributed by atoms with Crippen LogP contribution in [0.3, 0.4) is 0 Å². The van der Waals surface area contributed by atoms with E-state index in [4.69, 9.17) is 33.3 Å². The molecule has 0 radical (unpaired) electrons. The molecular weight excluding hydrogens is 530 g/mol. The number of anilines is 3. The summed E-state index contributed by atoms with van der Waals surface area (Å²) in [6, 6.07) is 19.7. The molecule has 1 fully saturated rings. The average molecular weight is 554 g/mol. The van der Waals surface area contributed by atoms with Crippen molar-refractivity contribution in [2.45, 2.75) is 0 Å². The SMILES string of the molecule is COc1cc(/C=C2\SC(=S)N(c3ccc(N(C)C)cc3)C2=O)ccc1OCC(=O)Nc1cccc(Cl)c1. The van der Waals surface area contributed by atoms with Gasteiger partial charge < -0.3 is 19.7 Å². The fourth-order valence-corrected chi connectivity index (χ4v) is 5.03. The van der Waals surface area contributed by atoms with Crippen molar-refractivity contribution in [3.63, 3.8) is 0 Å². The molecule has 1 aliphatic heterocycles. The van der Waals surface area contributed by atoms with Gasteiger partial charge in [-0.2, -0.15) is 0 Å². The highest BCUT2D eigenvalue weighted by Crippen LogP contribution is 2.37. The number of amides is 2. The van der Waals surface area contributed by atoms with Crippen molar-refractivity contribution < 1.29 is 19.1 Å². The maximum Gasteiger partial charge on any atom is 0.270 e. The molecule has 1 aliphatic rings. The number of methoxy groups -OCH3 is 1. The molecule has 0 bridgehead atoms. The molecule has 1 heterocycles. The lowest BCUT2D eigenvalue weighted by Crippen LogP contribution is -2.27. The van der Waals surface area contributed by atoms with Crippen LogP contribution in [-0.2, 0) is 9.59 Å². The molecule has 0 spiro atoms. The molecule has 10 heteroatoms. The lowest BCUT2D eigenvalue weighted by molar-refractivity contribution is -0.118. The van der Waals surface area contributed by atoms with Gasteiger partial charge >= 0.3 is 0 Å². The first kappa shape index (κ1) is 26.5. The molecule has 0 unspecified atom stereocenters. The molecule has 1 N–H and O–H groups in total. The molecule has 0 aromatic heterocycles. The van der Waals surface area contributed by atoms with E-state index < -0.39 is 0 Å². The summed E-state index contributed by atoms with van der Waals surface area (Å²) in [6.45, 7) is -0.215. The van der Waals surface area contributed by atoms with Gasteiger partial charge in [-0.05, 0) is 66.2 Å². The lowest BCUT2D eigenvalue weighted by atomic mass is 10.1. The van der Waals surface area contributed by atoms with Crippen LogP contribution in [0.4, 0.5) is 17.1 Å². The van der Waals surface area contributed by atoms with Crippen molar-refractivity contribution in [2.24, 2.45) is 0 Å². The van der Waals surface area contributed by atoms with Crippen LogP contribution in [0.25, 0.3) is 6.08 Å². The van der Waals surface area contributed by atoms with Gasteiger partial charge in [0.15, 0.2) is 22.4 Å². The predicted octanol–water partition coefficient (Wildman–Crippen LogP) is 5.84. The Morgan fingerprint density at radius 2 is 1.86 bits per heavy atom. The Bertz CT molecular complexity index is 1380. The molecule has 1 saturated heterocycles. The zero-order valence-corrected chi connectivity index (χ0v) is 22.7. The molecule has 4 rings (SSSR count). The zero-order chi connectivity index (χ0) is 26.5. The van der Waals surface area contributed by atoms with Crippen molar-refractivity contribution >= 4 is 74.9 Å². The summed E-state index contributed by atoms with van der Waals surface area (Å²) < 4.78 is 11.6. The van der Waals surface area contributed by atoms with Gasteiger partial charge in [-0.25, -0.2) is 0 Å². The molecule has 3 aromatic carbocycles. The molecule has 0 saturated carbocycles. The Morgan fingerprint density at radius 3 is 2.54 bits per heavy atom. The number of benzene rings is 3. The van der Waals surface area contributed by atoms with Gasteiger partial charge in [-0.3, -0.25) is 14.5 Å². The van der Waals surface area contributed by atoms with E-state index in [1.807, 2.05) is 43.3 Å². The van der Waals surface area contributed by atoms with Crippen molar-refractivity contribution in [3.05, 3.63) is 82.2 Å². The molecule has 7 nitrogen and oxygen atoms in total. The number of ether oxygens (including phenoxy) is 2. The number of hydrogen-bond donors (Lipinski definition) is 1. The number of thiocarbonyl (C=S) groups is 1. The highest BCUT2D eigenvalue weighted by molar-refractivity contribution is 8.27. The van der Waals surface area contributed by atoms with Crippen molar-refractivity contribution in [2.75, 3.05) is 42.9 Å². The van der Waals surface area contributed by atoms with Crippen LogP contribution in [0.1, 0.15) is 5.56 Å². The lowest BCUT2D eigenvalue weighted by Gasteiger charge is -2.17. The van der Waals surface area contributed by atoms with E-state index in [-0.39, 0.29) is 18.4 Å².